The molecule has 0 heterocycles. The van der Waals surface area contributed by atoms with Crippen molar-refractivity contribution in [1.82, 2.24) is 0 Å². The Labute approximate surface area is 123 Å². The van der Waals surface area contributed by atoms with Gasteiger partial charge in [0.1, 0.15) is 0 Å². The van der Waals surface area contributed by atoms with Gasteiger partial charge in [0.25, 0.3) is 0 Å². The third-order valence-corrected chi connectivity index (χ3v) is 4.64. The maximum Gasteiger partial charge on any atom is 0.319 e. The van der Waals surface area contributed by atoms with Crippen LogP contribution in [0.3, 0.4) is 0 Å². The SMILES string of the molecule is [C-]#[N+][C@@]1(C(N)=O)CC(c2ccccc2)=C2C(=O)CCC[C@H]21. The van der Waals surface area contributed by atoms with Gasteiger partial charge in [-0.1, -0.05) is 30.3 Å². The monoisotopic (exact) mass is 280 g/mol. The summed E-state index contributed by atoms with van der Waals surface area (Å²) in [7, 11) is 0. The Morgan fingerprint density at radius 1 is 1.33 bits per heavy atom. The molecule has 0 unspecified atom stereocenters. The Balaban J connectivity index is 2.18. The van der Waals surface area contributed by atoms with Crippen LogP contribution < -0.4 is 5.73 Å². The Morgan fingerprint density at radius 2 is 2.05 bits per heavy atom. The number of carbonyl (C=O) groups is 2. The van der Waals surface area contributed by atoms with Crippen LogP contribution in [0.2, 0.25) is 0 Å². The number of hydrogen-bond acceptors (Lipinski definition) is 2. The Bertz CT molecular complexity index is 684. The average molecular weight is 280 g/mol. The predicted octanol–water partition coefficient (Wildman–Crippen LogP) is 2.36. The molecular weight excluding hydrogens is 264 g/mol. The summed E-state index contributed by atoms with van der Waals surface area (Å²) in [6.07, 6.45) is 2.15. The molecule has 4 nitrogen and oxygen atoms in total. The van der Waals surface area contributed by atoms with Crippen molar-refractivity contribution in [2.75, 3.05) is 0 Å². The quantitative estimate of drug-likeness (QED) is 0.845. The number of benzene rings is 1. The van der Waals surface area contributed by atoms with E-state index in [0.717, 1.165) is 17.6 Å². The van der Waals surface area contributed by atoms with Crippen molar-refractivity contribution in [2.24, 2.45) is 11.7 Å². The minimum atomic E-state index is -1.28. The molecule has 1 saturated carbocycles. The first-order chi connectivity index (χ1) is 10.1. The number of hydrogen-bond donors (Lipinski definition) is 1. The predicted molar refractivity (Wildman–Crippen MR) is 78.9 cm³/mol. The Morgan fingerprint density at radius 3 is 2.67 bits per heavy atom. The van der Waals surface area contributed by atoms with E-state index >= 15 is 0 Å². The van der Waals surface area contributed by atoms with Crippen LogP contribution in [0.15, 0.2) is 35.9 Å². The Hall–Kier alpha value is -2.41. The van der Waals surface area contributed by atoms with Crippen molar-refractivity contribution in [3.05, 3.63) is 52.9 Å². The van der Waals surface area contributed by atoms with Gasteiger partial charge >= 0.3 is 11.4 Å². The van der Waals surface area contributed by atoms with Crippen molar-refractivity contribution in [2.45, 2.75) is 31.2 Å². The zero-order valence-electron chi connectivity index (χ0n) is 11.6. The highest BCUT2D eigenvalue weighted by molar-refractivity contribution is 6.09. The zero-order chi connectivity index (χ0) is 15.0. The van der Waals surface area contributed by atoms with E-state index in [-0.39, 0.29) is 18.1 Å². The van der Waals surface area contributed by atoms with Gasteiger partial charge in [0.15, 0.2) is 5.78 Å². The number of fused-ring (bicyclic) bond motifs is 1. The standard InChI is InChI=1S/C17H16N2O2/c1-19-17(16(18)21)10-12(11-6-3-2-4-7-11)15-13(17)8-5-9-14(15)20/h2-4,6-7,13H,5,8-10H2,(H2,18,21)/t13-,17+/m1/s1. The highest BCUT2D eigenvalue weighted by Crippen LogP contribution is 2.51. The van der Waals surface area contributed by atoms with Crippen molar-refractivity contribution in [3.63, 3.8) is 0 Å². The van der Waals surface area contributed by atoms with Crippen LogP contribution in [0.5, 0.6) is 0 Å². The lowest BCUT2D eigenvalue weighted by Crippen LogP contribution is -2.46. The molecule has 3 rings (SSSR count). The third-order valence-electron chi connectivity index (χ3n) is 4.64. The fourth-order valence-electron chi connectivity index (χ4n) is 3.61. The van der Waals surface area contributed by atoms with Crippen LogP contribution in [0, 0.1) is 12.5 Å². The topological polar surface area (TPSA) is 64.5 Å². The van der Waals surface area contributed by atoms with Gasteiger partial charge in [0.2, 0.25) is 0 Å². The summed E-state index contributed by atoms with van der Waals surface area (Å²) in [6.45, 7) is 7.51. The van der Waals surface area contributed by atoms with Crippen LogP contribution in [-0.2, 0) is 9.59 Å². The van der Waals surface area contributed by atoms with Crippen molar-refractivity contribution >= 4 is 17.3 Å². The lowest BCUT2D eigenvalue weighted by atomic mass is 9.75. The highest BCUT2D eigenvalue weighted by atomic mass is 16.1. The van der Waals surface area contributed by atoms with E-state index < -0.39 is 11.4 Å². The van der Waals surface area contributed by atoms with Crippen LogP contribution in [0.25, 0.3) is 10.4 Å². The summed E-state index contributed by atoms with van der Waals surface area (Å²) in [5, 5.41) is 0. The molecule has 0 aliphatic heterocycles. The number of primary amides is 1. The molecule has 0 radical (unpaired) electrons. The van der Waals surface area contributed by atoms with Gasteiger partial charge in [-0.2, -0.15) is 0 Å². The molecule has 0 bridgehead atoms. The fourth-order valence-corrected chi connectivity index (χ4v) is 3.61. The van der Waals surface area contributed by atoms with Gasteiger partial charge in [-0.25, -0.2) is 6.57 Å². The first-order valence-electron chi connectivity index (χ1n) is 7.10. The van der Waals surface area contributed by atoms with E-state index in [1.807, 2.05) is 30.3 Å². The molecule has 2 aliphatic rings. The number of amides is 1. The lowest BCUT2D eigenvalue weighted by molar-refractivity contribution is -0.123. The maximum absolute atomic E-state index is 12.4. The number of carbonyl (C=O) groups excluding carboxylic acids is 2. The smallest absolute Gasteiger partial charge is 0.319 e. The molecule has 2 atom stereocenters. The molecule has 21 heavy (non-hydrogen) atoms. The number of Topliss-reactive ketones (excluding diaryl/α,β-unsaturated/α-hetero) is 1. The van der Waals surface area contributed by atoms with E-state index in [1.165, 1.54) is 0 Å². The summed E-state index contributed by atoms with van der Waals surface area (Å²) in [4.78, 5) is 27.9. The first-order valence-corrected chi connectivity index (χ1v) is 7.10. The minimum absolute atomic E-state index is 0.0666. The van der Waals surface area contributed by atoms with Gasteiger partial charge < -0.3 is 5.73 Å². The third kappa shape index (κ3) is 1.89. The lowest BCUT2D eigenvalue weighted by Gasteiger charge is -2.26. The van der Waals surface area contributed by atoms with E-state index in [0.29, 0.717) is 18.4 Å². The molecule has 0 spiro atoms. The second kappa shape index (κ2) is 4.85. The molecular formula is C17H16N2O2. The van der Waals surface area contributed by atoms with Gasteiger partial charge in [-0.15, -0.1) is 0 Å². The number of nitrogens with zero attached hydrogens (tertiary/aromatic N) is 1. The first kappa shape index (κ1) is 13.6. The van der Waals surface area contributed by atoms with E-state index in [9.17, 15) is 9.59 Å². The highest BCUT2D eigenvalue weighted by Gasteiger charge is 2.60. The summed E-state index contributed by atoms with van der Waals surface area (Å²) >= 11 is 0. The molecule has 1 amide bonds. The fraction of sp³-hybridized carbons (Fsp3) is 0.353. The van der Waals surface area contributed by atoms with Crippen molar-refractivity contribution < 1.29 is 9.59 Å². The average Bonchev–Trinajstić information content (AvgIpc) is 2.85. The maximum atomic E-state index is 12.4. The molecule has 1 fully saturated rings. The summed E-state index contributed by atoms with van der Waals surface area (Å²) in [5.41, 5.74) is 6.68. The molecule has 1 aromatic carbocycles. The van der Waals surface area contributed by atoms with Crippen molar-refractivity contribution in [1.29, 1.82) is 0 Å². The molecule has 106 valence electrons. The normalized spacial score (nSPS) is 28.1. The van der Waals surface area contributed by atoms with Gasteiger partial charge in [0, 0.05) is 12.0 Å². The minimum Gasteiger partial charge on any atom is -0.363 e. The van der Waals surface area contributed by atoms with E-state index in [1.54, 1.807) is 0 Å². The molecule has 0 saturated heterocycles. The van der Waals surface area contributed by atoms with Gasteiger partial charge in [-0.05, 0) is 24.0 Å². The second-order valence-electron chi connectivity index (χ2n) is 5.70. The molecule has 4 heteroatoms. The Kier molecular flexibility index (Phi) is 3.13. The summed E-state index contributed by atoms with van der Waals surface area (Å²) in [5.74, 6) is -0.888. The molecule has 2 aliphatic carbocycles. The number of nitrogens with two attached hydrogens (primary N) is 1. The summed E-state index contributed by atoms with van der Waals surface area (Å²) in [6, 6.07) is 9.53. The zero-order valence-corrected chi connectivity index (χ0v) is 11.6. The molecule has 2 N–H and O–H groups in total. The van der Waals surface area contributed by atoms with E-state index in [4.69, 9.17) is 12.3 Å². The molecule has 1 aromatic rings. The second-order valence-corrected chi connectivity index (χ2v) is 5.70. The van der Waals surface area contributed by atoms with Crippen LogP contribution >= 0.6 is 0 Å². The van der Waals surface area contributed by atoms with Crippen LogP contribution in [0.1, 0.15) is 31.2 Å². The van der Waals surface area contributed by atoms with E-state index in [2.05, 4.69) is 4.85 Å². The van der Waals surface area contributed by atoms with Crippen molar-refractivity contribution in [3.8, 4) is 0 Å². The van der Waals surface area contributed by atoms with Gasteiger partial charge in [-0.3, -0.25) is 14.4 Å². The number of ketones is 1. The molecule has 0 aromatic heterocycles. The van der Waals surface area contributed by atoms with Crippen LogP contribution in [-0.4, -0.2) is 17.2 Å². The van der Waals surface area contributed by atoms with Crippen LogP contribution in [0.4, 0.5) is 0 Å². The van der Waals surface area contributed by atoms with Gasteiger partial charge in [0.05, 0.1) is 12.3 Å². The largest absolute Gasteiger partial charge is 0.363 e. The number of rotatable bonds is 2. The summed E-state index contributed by atoms with van der Waals surface area (Å²) < 4.78 is 0.